The van der Waals surface area contributed by atoms with Gasteiger partial charge in [-0.3, -0.25) is 4.79 Å². The van der Waals surface area contributed by atoms with Gasteiger partial charge in [0.1, 0.15) is 5.75 Å². The lowest BCUT2D eigenvalue weighted by Gasteiger charge is -2.18. The zero-order valence-corrected chi connectivity index (χ0v) is 12.6. The molecule has 4 nitrogen and oxygen atoms in total. The molecule has 1 aromatic rings. The van der Waals surface area contributed by atoms with E-state index in [9.17, 15) is 23.1 Å². The molecule has 0 heterocycles. The second kappa shape index (κ2) is 7.68. The van der Waals surface area contributed by atoms with Crippen molar-refractivity contribution in [3.05, 3.63) is 29.8 Å². The van der Waals surface area contributed by atoms with E-state index in [4.69, 9.17) is 0 Å². The lowest BCUT2D eigenvalue weighted by Crippen LogP contribution is -2.36. The normalized spacial score (nSPS) is 17.0. The summed E-state index contributed by atoms with van der Waals surface area (Å²) in [5.74, 6) is -0.473. The Balaban J connectivity index is 1.81. The number of hydrogen-bond donors (Lipinski definition) is 2. The summed E-state index contributed by atoms with van der Waals surface area (Å²) >= 11 is 0. The second-order valence-electron chi connectivity index (χ2n) is 5.79. The van der Waals surface area contributed by atoms with Gasteiger partial charge < -0.3 is 15.2 Å². The fourth-order valence-electron chi connectivity index (χ4n) is 2.83. The predicted octanol–water partition coefficient (Wildman–Crippen LogP) is 2.80. The smallest absolute Gasteiger partial charge is 0.406 e. The molecule has 1 amide bonds. The first-order valence-corrected chi connectivity index (χ1v) is 7.63. The molecular formula is C16H20F3NO3. The van der Waals surface area contributed by atoms with Crippen LogP contribution in [0.1, 0.15) is 31.2 Å². The Morgan fingerprint density at radius 3 is 2.70 bits per heavy atom. The summed E-state index contributed by atoms with van der Waals surface area (Å²) in [5.41, 5.74) is 0.416. The Bertz CT molecular complexity index is 528. The minimum Gasteiger partial charge on any atom is -0.406 e. The summed E-state index contributed by atoms with van der Waals surface area (Å²) in [5, 5.41) is 12.6. The highest BCUT2D eigenvalue weighted by Crippen LogP contribution is 2.27. The van der Waals surface area contributed by atoms with Crippen molar-refractivity contribution in [2.24, 2.45) is 5.92 Å². The van der Waals surface area contributed by atoms with Crippen molar-refractivity contribution >= 4 is 5.91 Å². The molecular weight excluding hydrogens is 311 g/mol. The number of ether oxygens (including phenoxy) is 1. The van der Waals surface area contributed by atoms with Crippen molar-refractivity contribution in [3.8, 4) is 5.75 Å². The Labute approximate surface area is 132 Å². The van der Waals surface area contributed by atoms with Crippen molar-refractivity contribution in [1.82, 2.24) is 5.32 Å². The standard InChI is InChI=1S/C16H20F3NO3/c17-16(18,19)23-13-7-3-4-11(8-13)9-15(22)20-10-14(21)12-5-1-2-6-12/h3-4,7-8,12,14,21H,1-2,5-6,9-10H2,(H,20,22). The van der Waals surface area contributed by atoms with Crippen molar-refractivity contribution in [1.29, 1.82) is 0 Å². The maximum atomic E-state index is 12.2. The molecule has 128 valence electrons. The van der Waals surface area contributed by atoms with E-state index >= 15 is 0 Å². The van der Waals surface area contributed by atoms with Gasteiger partial charge >= 0.3 is 6.36 Å². The number of carbonyl (C=O) groups is 1. The highest BCUT2D eigenvalue weighted by atomic mass is 19.4. The maximum absolute atomic E-state index is 12.2. The number of benzene rings is 1. The van der Waals surface area contributed by atoms with Crippen LogP contribution in [0.5, 0.6) is 5.75 Å². The van der Waals surface area contributed by atoms with Crippen LogP contribution >= 0.6 is 0 Å². The number of amides is 1. The van der Waals surface area contributed by atoms with Crippen LogP contribution in [-0.4, -0.2) is 30.0 Å². The number of halogens is 3. The first kappa shape index (κ1) is 17.6. The van der Waals surface area contributed by atoms with E-state index in [2.05, 4.69) is 10.1 Å². The third kappa shape index (κ3) is 6.09. The molecule has 1 unspecified atom stereocenters. The van der Waals surface area contributed by atoms with E-state index in [1.54, 1.807) is 6.07 Å². The number of aliphatic hydroxyl groups excluding tert-OH is 1. The van der Waals surface area contributed by atoms with Crippen LogP contribution in [0.2, 0.25) is 0 Å². The Morgan fingerprint density at radius 2 is 2.04 bits per heavy atom. The average molecular weight is 331 g/mol. The number of alkyl halides is 3. The molecule has 0 saturated heterocycles. The monoisotopic (exact) mass is 331 g/mol. The van der Waals surface area contributed by atoms with Crippen molar-refractivity contribution in [2.45, 2.75) is 44.6 Å². The molecule has 1 aliphatic carbocycles. The predicted molar refractivity (Wildman–Crippen MR) is 77.8 cm³/mol. The molecule has 1 fully saturated rings. The highest BCUT2D eigenvalue weighted by molar-refractivity contribution is 5.78. The molecule has 2 N–H and O–H groups in total. The van der Waals surface area contributed by atoms with E-state index < -0.39 is 12.5 Å². The molecule has 0 aliphatic heterocycles. The maximum Gasteiger partial charge on any atom is 0.573 e. The van der Waals surface area contributed by atoms with E-state index in [0.29, 0.717) is 5.56 Å². The number of hydrogen-bond acceptors (Lipinski definition) is 3. The van der Waals surface area contributed by atoms with Crippen LogP contribution < -0.4 is 10.1 Å². The van der Waals surface area contributed by atoms with Gasteiger partial charge in [0.2, 0.25) is 5.91 Å². The molecule has 1 atom stereocenters. The Morgan fingerprint density at radius 1 is 1.35 bits per heavy atom. The number of carbonyl (C=O) groups excluding carboxylic acids is 1. The van der Waals surface area contributed by atoms with Crippen molar-refractivity contribution in [2.75, 3.05) is 6.54 Å². The molecule has 0 aromatic heterocycles. The minimum atomic E-state index is -4.76. The van der Waals surface area contributed by atoms with Gasteiger partial charge in [0.05, 0.1) is 12.5 Å². The summed E-state index contributed by atoms with van der Waals surface area (Å²) in [6.45, 7) is 0.169. The van der Waals surface area contributed by atoms with E-state index in [-0.39, 0.29) is 30.5 Å². The van der Waals surface area contributed by atoms with Gasteiger partial charge in [-0.05, 0) is 36.5 Å². The van der Waals surface area contributed by atoms with Crippen molar-refractivity contribution in [3.63, 3.8) is 0 Å². The molecule has 0 bridgehead atoms. The zero-order chi connectivity index (χ0) is 16.9. The lowest BCUT2D eigenvalue weighted by molar-refractivity contribution is -0.274. The van der Waals surface area contributed by atoms with Crippen LogP contribution in [0, 0.1) is 5.92 Å². The summed E-state index contributed by atoms with van der Waals surface area (Å²) < 4.78 is 40.3. The quantitative estimate of drug-likeness (QED) is 0.843. The molecule has 0 radical (unpaired) electrons. The number of rotatable bonds is 6. The van der Waals surface area contributed by atoms with Gasteiger partial charge in [0.25, 0.3) is 0 Å². The molecule has 2 rings (SSSR count). The molecule has 7 heteroatoms. The van der Waals surface area contributed by atoms with Gasteiger partial charge in [-0.15, -0.1) is 13.2 Å². The summed E-state index contributed by atoms with van der Waals surface area (Å²) in [6.07, 6.45) is -1.26. The molecule has 23 heavy (non-hydrogen) atoms. The molecule has 1 saturated carbocycles. The van der Waals surface area contributed by atoms with Gasteiger partial charge in [0.15, 0.2) is 0 Å². The van der Waals surface area contributed by atoms with Gasteiger partial charge in [-0.1, -0.05) is 25.0 Å². The summed E-state index contributed by atoms with van der Waals surface area (Å²) in [7, 11) is 0. The third-order valence-corrected chi connectivity index (χ3v) is 3.95. The molecule has 0 spiro atoms. The van der Waals surface area contributed by atoms with Gasteiger partial charge in [0, 0.05) is 6.54 Å². The molecule has 1 aromatic carbocycles. The fraction of sp³-hybridized carbons (Fsp3) is 0.562. The van der Waals surface area contributed by atoms with E-state index in [1.807, 2.05) is 0 Å². The van der Waals surface area contributed by atoms with Crippen LogP contribution in [-0.2, 0) is 11.2 Å². The van der Waals surface area contributed by atoms with Crippen LogP contribution in [0.4, 0.5) is 13.2 Å². The first-order valence-electron chi connectivity index (χ1n) is 7.63. The number of nitrogens with one attached hydrogen (secondary N) is 1. The third-order valence-electron chi connectivity index (χ3n) is 3.95. The Kier molecular flexibility index (Phi) is 5.87. The Hall–Kier alpha value is -1.76. The largest absolute Gasteiger partial charge is 0.573 e. The average Bonchev–Trinajstić information content (AvgIpc) is 2.97. The summed E-state index contributed by atoms with van der Waals surface area (Å²) in [4.78, 5) is 11.8. The zero-order valence-electron chi connectivity index (χ0n) is 12.6. The topological polar surface area (TPSA) is 58.6 Å². The van der Waals surface area contributed by atoms with Crippen LogP contribution in [0.25, 0.3) is 0 Å². The van der Waals surface area contributed by atoms with Crippen molar-refractivity contribution < 1.29 is 27.8 Å². The SMILES string of the molecule is O=C(Cc1cccc(OC(F)(F)F)c1)NCC(O)C1CCCC1. The summed E-state index contributed by atoms with van der Waals surface area (Å²) in [6, 6.07) is 5.31. The molecule has 1 aliphatic rings. The first-order chi connectivity index (χ1) is 10.8. The highest BCUT2D eigenvalue weighted by Gasteiger charge is 2.31. The van der Waals surface area contributed by atoms with Gasteiger partial charge in [-0.25, -0.2) is 0 Å². The van der Waals surface area contributed by atoms with Crippen LogP contribution in [0.15, 0.2) is 24.3 Å². The number of aliphatic hydroxyl groups is 1. The second-order valence-corrected chi connectivity index (χ2v) is 5.79. The van der Waals surface area contributed by atoms with Gasteiger partial charge in [-0.2, -0.15) is 0 Å². The lowest BCUT2D eigenvalue weighted by atomic mass is 10.0. The van der Waals surface area contributed by atoms with E-state index in [0.717, 1.165) is 25.7 Å². The van der Waals surface area contributed by atoms with E-state index in [1.165, 1.54) is 18.2 Å². The fourth-order valence-corrected chi connectivity index (χ4v) is 2.83. The minimum absolute atomic E-state index is 0.0631. The van der Waals surface area contributed by atoms with Crippen LogP contribution in [0.3, 0.4) is 0 Å².